The van der Waals surface area contributed by atoms with Crippen LogP contribution in [0, 0.1) is 11.8 Å². The maximum atomic E-state index is 10.8. The second kappa shape index (κ2) is 5.02. The molecule has 0 aromatic carbocycles. The zero-order chi connectivity index (χ0) is 8.97. The summed E-state index contributed by atoms with van der Waals surface area (Å²) in [6.07, 6.45) is 2.09. The van der Waals surface area contributed by atoms with Crippen LogP contribution >= 0.6 is 24.4 Å². The summed E-state index contributed by atoms with van der Waals surface area (Å²) in [5, 5.41) is 8.87. The van der Waals surface area contributed by atoms with Crippen molar-refractivity contribution >= 4 is 30.4 Å². The summed E-state index contributed by atoms with van der Waals surface area (Å²) < 4.78 is 0. The minimum Gasteiger partial charge on any atom is -0.481 e. The fourth-order valence-corrected chi connectivity index (χ4v) is 3.14. The summed E-state index contributed by atoms with van der Waals surface area (Å²) in [5.74, 6) is 2.16. The molecule has 0 aliphatic carbocycles. The Morgan fingerprint density at radius 3 is 2.58 bits per heavy atom. The molecule has 1 unspecified atom stereocenters. The molecule has 0 amide bonds. The van der Waals surface area contributed by atoms with Crippen LogP contribution in [0.3, 0.4) is 0 Å². The van der Waals surface area contributed by atoms with Gasteiger partial charge < -0.3 is 5.11 Å². The number of thioether (sulfide) groups is 1. The van der Waals surface area contributed by atoms with E-state index in [1.165, 1.54) is 0 Å². The molecule has 1 fully saturated rings. The molecule has 1 heterocycles. The molecule has 1 atom stereocenters. The standard InChI is InChI=1S/C8H14O2S2/c9-8(10)7(5-11)6-1-3-12-4-2-6/h6-7,11H,1-5H2,(H,9,10). The fourth-order valence-electron chi connectivity index (χ4n) is 1.55. The van der Waals surface area contributed by atoms with Gasteiger partial charge in [-0.25, -0.2) is 0 Å². The van der Waals surface area contributed by atoms with Gasteiger partial charge in [0, 0.05) is 5.75 Å². The summed E-state index contributed by atoms with van der Waals surface area (Å²) >= 11 is 6.00. The second-order valence-corrected chi connectivity index (χ2v) is 4.67. The van der Waals surface area contributed by atoms with Crippen molar-refractivity contribution in [2.75, 3.05) is 17.3 Å². The Kier molecular flexibility index (Phi) is 4.29. The third-order valence-electron chi connectivity index (χ3n) is 2.35. The quantitative estimate of drug-likeness (QED) is 0.691. The summed E-state index contributed by atoms with van der Waals surface area (Å²) in [7, 11) is 0. The van der Waals surface area contributed by atoms with E-state index < -0.39 is 5.97 Å². The van der Waals surface area contributed by atoms with E-state index in [4.69, 9.17) is 5.11 Å². The van der Waals surface area contributed by atoms with Gasteiger partial charge in [0.05, 0.1) is 5.92 Å². The number of carboxylic acids is 1. The molecule has 1 N–H and O–H groups in total. The van der Waals surface area contributed by atoms with E-state index >= 15 is 0 Å². The van der Waals surface area contributed by atoms with Crippen molar-refractivity contribution < 1.29 is 9.90 Å². The van der Waals surface area contributed by atoms with Crippen molar-refractivity contribution in [1.29, 1.82) is 0 Å². The van der Waals surface area contributed by atoms with Gasteiger partial charge in [0.1, 0.15) is 0 Å². The van der Waals surface area contributed by atoms with E-state index in [0.29, 0.717) is 11.7 Å². The topological polar surface area (TPSA) is 37.3 Å². The van der Waals surface area contributed by atoms with Crippen molar-refractivity contribution in [3.8, 4) is 0 Å². The summed E-state index contributed by atoms with van der Waals surface area (Å²) in [5.41, 5.74) is 0. The molecular formula is C8H14O2S2. The molecule has 1 aliphatic heterocycles. The smallest absolute Gasteiger partial charge is 0.307 e. The third kappa shape index (κ3) is 2.59. The Morgan fingerprint density at radius 2 is 2.17 bits per heavy atom. The van der Waals surface area contributed by atoms with Gasteiger partial charge in [0.25, 0.3) is 0 Å². The maximum absolute atomic E-state index is 10.8. The second-order valence-electron chi connectivity index (χ2n) is 3.08. The summed E-state index contributed by atoms with van der Waals surface area (Å²) in [6.45, 7) is 0. The van der Waals surface area contributed by atoms with Gasteiger partial charge in [-0.15, -0.1) is 0 Å². The Balaban J connectivity index is 2.46. The highest BCUT2D eigenvalue weighted by molar-refractivity contribution is 7.99. The number of carbonyl (C=O) groups is 1. The van der Waals surface area contributed by atoms with E-state index in [-0.39, 0.29) is 5.92 Å². The molecule has 0 aromatic heterocycles. The number of hydrogen-bond donors (Lipinski definition) is 2. The molecule has 12 heavy (non-hydrogen) atoms. The molecule has 1 rings (SSSR count). The number of thiol groups is 1. The number of carboxylic acid groups (broad SMARTS) is 1. The van der Waals surface area contributed by atoms with Crippen LogP contribution in [0.2, 0.25) is 0 Å². The van der Waals surface area contributed by atoms with Crippen LogP contribution in [0.1, 0.15) is 12.8 Å². The Hall–Kier alpha value is 0.170. The van der Waals surface area contributed by atoms with E-state index in [1.807, 2.05) is 11.8 Å². The SMILES string of the molecule is O=C(O)C(CS)C1CCSCC1. The summed E-state index contributed by atoms with van der Waals surface area (Å²) in [6, 6.07) is 0. The molecule has 0 bridgehead atoms. The normalized spacial score (nSPS) is 22.1. The number of aliphatic carboxylic acids is 1. The fraction of sp³-hybridized carbons (Fsp3) is 0.875. The lowest BCUT2D eigenvalue weighted by Crippen LogP contribution is -2.28. The third-order valence-corrected chi connectivity index (χ3v) is 3.79. The van der Waals surface area contributed by atoms with Crippen LogP contribution in [0.25, 0.3) is 0 Å². The van der Waals surface area contributed by atoms with Crippen LogP contribution in [0.4, 0.5) is 0 Å². The molecule has 1 saturated heterocycles. The van der Waals surface area contributed by atoms with Gasteiger partial charge in [-0.1, -0.05) is 0 Å². The van der Waals surface area contributed by atoms with Gasteiger partial charge in [0.2, 0.25) is 0 Å². The van der Waals surface area contributed by atoms with E-state index in [9.17, 15) is 4.79 Å². The number of rotatable bonds is 3. The summed E-state index contributed by atoms with van der Waals surface area (Å²) in [4.78, 5) is 10.8. The Morgan fingerprint density at radius 1 is 1.58 bits per heavy atom. The molecule has 4 heteroatoms. The van der Waals surface area contributed by atoms with Gasteiger partial charge >= 0.3 is 5.97 Å². The van der Waals surface area contributed by atoms with Gasteiger partial charge in [-0.2, -0.15) is 24.4 Å². The van der Waals surface area contributed by atoms with Crippen LogP contribution in [0.15, 0.2) is 0 Å². The molecule has 0 saturated carbocycles. The van der Waals surface area contributed by atoms with Crippen molar-refractivity contribution in [1.82, 2.24) is 0 Å². The monoisotopic (exact) mass is 206 g/mol. The molecular weight excluding hydrogens is 192 g/mol. The molecule has 0 aromatic rings. The minimum atomic E-state index is -0.679. The predicted molar refractivity (Wildman–Crippen MR) is 55.0 cm³/mol. The van der Waals surface area contributed by atoms with E-state index in [2.05, 4.69) is 12.6 Å². The van der Waals surface area contributed by atoms with Crippen molar-refractivity contribution in [2.24, 2.45) is 11.8 Å². The number of hydrogen-bond acceptors (Lipinski definition) is 3. The van der Waals surface area contributed by atoms with E-state index in [1.54, 1.807) is 0 Å². The van der Waals surface area contributed by atoms with Gasteiger partial charge in [-0.05, 0) is 30.3 Å². The van der Waals surface area contributed by atoms with Crippen molar-refractivity contribution in [3.63, 3.8) is 0 Å². The Labute approximate surface area is 82.5 Å². The zero-order valence-corrected chi connectivity index (χ0v) is 8.61. The molecule has 70 valence electrons. The lowest BCUT2D eigenvalue weighted by molar-refractivity contribution is -0.142. The predicted octanol–water partition coefficient (Wildman–Crippen LogP) is 1.76. The minimum absolute atomic E-state index is 0.228. The lowest BCUT2D eigenvalue weighted by Gasteiger charge is -2.25. The molecule has 1 aliphatic rings. The first-order valence-corrected chi connectivity index (χ1v) is 5.96. The first-order chi connectivity index (χ1) is 5.75. The maximum Gasteiger partial charge on any atom is 0.307 e. The van der Waals surface area contributed by atoms with E-state index in [0.717, 1.165) is 24.3 Å². The van der Waals surface area contributed by atoms with Crippen molar-refractivity contribution in [2.45, 2.75) is 12.8 Å². The largest absolute Gasteiger partial charge is 0.481 e. The Bertz CT molecular complexity index is 155. The lowest BCUT2D eigenvalue weighted by atomic mass is 9.89. The highest BCUT2D eigenvalue weighted by Gasteiger charge is 2.27. The van der Waals surface area contributed by atoms with Crippen LogP contribution in [-0.2, 0) is 4.79 Å². The first kappa shape index (κ1) is 10.3. The van der Waals surface area contributed by atoms with Gasteiger partial charge in [-0.3, -0.25) is 4.79 Å². The molecule has 0 spiro atoms. The average molecular weight is 206 g/mol. The molecule has 0 radical (unpaired) electrons. The first-order valence-electron chi connectivity index (χ1n) is 4.17. The van der Waals surface area contributed by atoms with Crippen LogP contribution in [-0.4, -0.2) is 28.3 Å². The highest BCUT2D eigenvalue weighted by atomic mass is 32.2. The van der Waals surface area contributed by atoms with Crippen LogP contribution < -0.4 is 0 Å². The van der Waals surface area contributed by atoms with Crippen LogP contribution in [0.5, 0.6) is 0 Å². The van der Waals surface area contributed by atoms with Gasteiger partial charge in [0.15, 0.2) is 0 Å². The van der Waals surface area contributed by atoms with Crippen molar-refractivity contribution in [3.05, 3.63) is 0 Å². The zero-order valence-electron chi connectivity index (χ0n) is 6.90. The highest BCUT2D eigenvalue weighted by Crippen LogP contribution is 2.29. The molecule has 2 nitrogen and oxygen atoms in total. The average Bonchev–Trinajstić information content (AvgIpc) is 2.07.